The molecule has 45 heavy (non-hydrogen) atoms. The monoisotopic (exact) mass is 579 g/mol. The van der Waals surface area contributed by atoms with Crippen LogP contribution in [0.25, 0.3) is 71.4 Å². The van der Waals surface area contributed by atoms with Crippen molar-refractivity contribution in [1.82, 2.24) is 10.3 Å². The molecule has 0 unspecified atom stereocenters. The van der Waals surface area contributed by atoms with Gasteiger partial charge in [-0.1, -0.05) is 78.9 Å². The highest BCUT2D eigenvalue weighted by Crippen LogP contribution is 2.47. The first-order chi connectivity index (χ1) is 22.3. The molecule has 0 bridgehead atoms. The molecule has 0 spiro atoms. The zero-order valence-electron chi connectivity index (χ0n) is 24.1. The van der Waals surface area contributed by atoms with E-state index in [9.17, 15) is 0 Å². The van der Waals surface area contributed by atoms with Crippen molar-refractivity contribution >= 4 is 88.5 Å². The number of aromatic nitrogens is 1. The van der Waals surface area contributed by atoms with Crippen molar-refractivity contribution in [2.45, 2.75) is 6.54 Å². The SMILES string of the molecule is C1=Cc2oc3cccc(N(c4ccc5c(ccc6c7ccccc7ccc56)c4)c4ccnc5oc6ccccc6c45)c3c2CN1. The quantitative estimate of drug-likeness (QED) is 0.211. The summed E-state index contributed by atoms with van der Waals surface area (Å²) in [6, 6.07) is 40.9. The minimum absolute atomic E-state index is 0.614. The highest BCUT2D eigenvalue weighted by Gasteiger charge is 2.25. The summed E-state index contributed by atoms with van der Waals surface area (Å²) in [5.41, 5.74) is 6.52. The third-order valence-electron chi connectivity index (χ3n) is 9.18. The van der Waals surface area contributed by atoms with Crippen LogP contribution in [0.2, 0.25) is 0 Å². The van der Waals surface area contributed by atoms with Crippen molar-refractivity contribution in [3.05, 3.63) is 139 Å². The number of para-hydroxylation sites is 1. The standard InChI is InChI=1S/C40H25N3O2/c1-2-7-27-24(6-1)12-15-30-28-17-14-26(22-25(28)13-16-29(27)30)43(33-9-5-11-37-38(33)32-23-41-20-19-36(32)44-37)34-18-21-42-40-39(34)31-8-3-4-10-35(31)45-40/h1-22,41H,23H2. The Kier molecular flexibility index (Phi) is 4.99. The van der Waals surface area contributed by atoms with Gasteiger partial charge in [-0.05, 0) is 74.8 Å². The number of nitrogens with zero attached hydrogens (tertiary/aromatic N) is 2. The van der Waals surface area contributed by atoms with E-state index in [4.69, 9.17) is 8.83 Å². The maximum Gasteiger partial charge on any atom is 0.229 e. The zero-order chi connectivity index (χ0) is 29.5. The predicted octanol–water partition coefficient (Wildman–Crippen LogP) is 10.7. The third kappa shape index (κ3) is 3.52. The molecule has 0 aliphatic carbocycles. The van der Waals surface area contributed by atoms with Crippen LogP contribution in [0.15, 0.2) is 136 Å². The molecule has 5 nitrogen and oxygen atoms in total. The Morgan fingerprint density at radius 2 is 1.36 bits per heavy atom. The van der Waals surface area contributed by atoms with Gasteiger partial charge in [-0.3, -0.25) is 0 Å². The van der Waals surface area contributed by atoms with Gasteiger partial charge in [0, 0.05) is 41.0 Å². The average Bonchev–Trinajstić information content (AvgIpc) is 3.67. The fourth-order valence-corrected chi connectivity index (χ4v) is 7.18. The van der Waals surface area contributed by atoms with Crippen LogP contribution in [0.5, 0.6) is 0 Å². The maximum atomic E-state index is 6.37. The van der Waals surface area contributed by atoms with Crippen LogP contribution in [0.1, 0.15) is 11.3 Å². The fraction of sp³-hybridized carbons (Fsp3) is 0.0250. The highest BCUT2D eigenvalue weighted by atomic mass is 16.3. The smallest absolute Gasteiger partial charge is 0.229 e. The van der Waals surface area contributed by atoms with E-state index in [0.29, 0.717) is 12.3 Å². The van der Waals surface area contributed by atoms with Gasteiger partial charge in [0.25, 0.3) is 0 Å². The van der Waals surface area contributed by atoms with Crippen LogP contribution in [-0.2, 0) is 6.54 Å². The van der Waals surface area contributed by atoms with Crippen LogP contribution < -0.4 is 10.2 Å². The van der Waals surface area contributed by atoms with E-state index >= 15 is 0 Å². The minimum atomic E-state index is 0.614. The van der Waals surface area contributed by atoms with Gasteiger partial charge in [-0.2, -0.15) is 0 Å². The number of hydrogen-bond donors (Lipinski definition) is 1. The topological polar surface area (TPSA) is 54.4 Å². The number of hydrogen-bond acceptors (Lipinski definition) is 5. The summed E-state index contributed by atoms with van der Waals surface area (Å²) in [5, 5.41) is 13.9. The van der Waals surface area contributed by atoms with Crippen LogP contribution in [0.3, 0.4) is 0 Å². The van der Waals surface area contributed by atoms with Gasteiger partial charge in [0.15, 0.2) is 0 Å². The van der Waals surface area contributed by atoms with Crippen molar-refractivity contribution in [2.24, 2.45) is 0 Å². The molecule has 0 saturated carbocycles. The van der Waals surface area contributed by atoms with Crippen LogP contribution in [0, 0.1) is 0 Å². The van der Waals surface area contributed by atoms with Gasteiger partial charge in [-0.25, -0.2) is 4.98 Å². The lowest BCUT2D eigenvalue weighted by molar-refractivity contribution is 0.592. The normalized spacial score (nSPS) is 12.9. The van der Waals surface area contributed by atoms with Crippen LogP contribution in [0.4, 0.5) is 17.1 Å². The number of fused-ring (bicyclic) bond motifs is 11. The number of furan rings is 2. The molecule has 5 heteroatoms. The van der Waals surface area contributed by atoms with Gasteiger partial charge >= 0.3 is 0 Å². The van der Waals surface area contributed by atoms with Crippen molar-refractivity contribution in [2.75, 3.05) is 4.90 Å². The summed E-state index contributed by atoms with van der Waals surface area (Å²) in [6.45, 7) is 0.696. The Morgan fingerprint density at radius 1 is 0.600 bits per heavy atom. The summed E-state index contributed by atoms with van der Waals surface area (Å²) >= 11 is 0. The van der Waals surface area contributed by atoms with Gasteiger partial charge < -0.3 is 19.1 Å². The summed E-state index contributed by atoms with van der Waals surface area (Å²) in [7, 11) is 0. The van der Waals surface area contributed by atoms with E-state index in [2.05, 4.69) is 118 Å². The fourth-order valence-electron chi connectivity index (χ4n) is 7.18. The Morgan fingerprint density at radius 3 is 2.29 bits per heavy atom. The van der Waals surface area contributed by atoms with Gasteiger partial charge in [0.1, 0.15) is 16.9 Å². The maximum absolute atomic E-state index is 6.37. The molecule has 1 N–H and O–H groups in total. The van der Waals surface area contributed by atoms with E-state index in [1.165, 1.54) is 32.3 Å². The highest BCUT2D eigenvalue weighted by molar-refractivity contribution is 6.18. The van der Waals surface area contributed by atoms with Gasteiger partial charge in [-0.15, -0.1) is 0 Å². The molecular weight excluding hydrogens is 554 g/mol. The van der Waals surface area contributed by atoms with Crippen molar-refractivity contribution in [3.63, 3.8) is 0 Å². The third-order valence-corrected chi connectivity index (χ3v) is 9.18. The second kappa shape index (κ2) is 9.21. The number of nitrogens with one attached hydrogen (secondary N) is 1. The van der Waals surface area contributed by atoms with E-state index in [0.717, 1.165) is 55.7 Å². The van der Waals surface area contributed by atoms with Gasteiger partial charge in [0.05, 0.1) is 16.8 Å². The molecule has 3 aromatic heterocycles. The molecule has 1 aliphatic heterocycles. The van der Waals surface area contributed by atoms with Crippen LogP contribution in [-0.4, -0.2) is 4.98 Å². The molecule has 0 fully saturated rings. The second-order valence-corrected chi connectivity index (χ2v) is 11.6. The largest absolute Gasteiger partial charge is 0.456 e. The lowest BCUT2D eigenvalue weighted by Gasteiger charge is -2.27. The molecule has 6 aromatic carbocycles. The average molecular weight is 580 g/mol. The first kappa shape index (κ1) is 24.4. The number of rotatable bonds is 3. The molecule has 0 saturated heterocycles. The molecule has 0 radical (unpaired) electrons. The summed E-state index contributed by atoms with van der Waals surface area (Å²) in [6.07, 6.45) is 5.79. The summed E-state index contributed by atoms with van der Waals surface area (Å²) in [4.78, 5) is 6.99. The first-order valence-corrected chi connectivity index (χ1v) is 15.2. The molecule has 0 amide bonds. The lowest BCUT2D eigenvalue weighted by Crippen LogP contribution is -2.13. The molecule has 0 atom stereocenters. The summed E-state index contributed by atoms with van der Waals surface area (Å²) < 4.78 is 12.6. The van der Waals surface area contributed by atoms with Crippen LogP contribution >= 0.6 is 0 Å². The predicted molar refractivity (Wildman–Crippen MR) is 184 cm³/mol. The molecule has 9 aromatic rings. The van der Waals surface area contributed by atoms with Crippen molar-refractivity contribution < 1.29 is 8.83 Å². The van der Waals surface area contributed by atoms with Gasteiger partial charge in [0.2, 0.25) is 5.71 Å². The molecule has 212 valence electrons. The van der Waals surface area contributed by atoms with Crippen molar-refractivity contribution in [3.8, 4) is 0 Å². The number of benzene rings is 6. The van der Waals surface area contributed by atoms with E-state index in [1.54, 1.807) is 0 Å². The molecular formula is C40H25N3O2. The summed E-state index contributed by atoms with van der Waals surface area (Å²) in [5.74, 6) is 0.891. The Bertz CT molecular complexity index is 2680. The van der Waals surface area contributed by atoms with Crippen molar-refractivity contribution in [1.29, 1.82) is 0 Å². The zero-order valence-corrected chi connectivity index (χ0v) is 24.1. The first-order valence-electron chi connectivity index (χ1n) is 15.2. The molecule has 4 heterocycles. The van der Waals surface area contributed by atoms with E-state index in [-0.39, 0.29) is 0 Å². The molecule has 1 aliphatic rings. The molecule has 10 rings (SSSR count). The number of anilines is 3. The second-order valence-electron chi connectivity index (χ2n) is 11.6. The Balaban J connectivity index is 1.28. The minimum Gasteiger partial charge on any atom is -0.456 e. The lowest BCUT2D eigenvalue weighted by atomic mass is 9.96. The Labute approximate surface area is 257 Å². The number of pyridine rings is 1. The van der Waals surface area contributed by atoms with E-state index in [1.807, 2.05) is 30.6 Å². The Hall–Kier alpha value is -6.07. The van der Waals surface area contributed by atoms with E-state index < -0.39 is 0 Å².